The molecule has 17 aromatic rings. The molecule has 0 unspecified atom stereocenters. The van der Waals surface area contributed by atoms with E-state index in [4.69, 9.17) is 46.4 Å². The molecule has 0 spiro atoms. The predicted molar refractivity (Wildman–Crippen MR) is 561 cm³/mol. The van der Waals surface area contributed by atoms with Crippen molar-refractivity contribution in [2.45, 2.75) is 77.0 Å². The molecule has 23 nitrogen and oxygen atoms in total. The molecule has 722 valence electrons. The minimum absolute atomic E-state index is 0.00276. The van der Waals surface area contributed by atoms with Gasteiger partial charge < -0.3 is 36.4 Å². The maximum Gasteiger partial charge on any atom is 0.258 e. The van der Waals surface area contributed by atoms with Gasteiger partial charge in [0.2, 0.25) is 41.4 Å². The molecule has 10 aromatic carbocycles. The number of hydrogen-bond donors (Lipinski definition) is 5. The number of benzene rings is 10. The zero-order chi connectivity index (χ0) is 101. The molecule has 0 fully saturated rings. The molecule has 14 heterocycles. The molecule has 7 aliphatic rings. The minimum Gasteiger partial charge on any atom is -0.326 e. The number of amides is 8. The van der Waals surface area contributed by atoms with E-state index < -0.39 is 11.6 Å². The van der Waals surface area contributed by atoms with Crippen LogP contribution in [0.1, 0.15) is 82.3 Å². The van der Waals surface area contributed by atoms with E-state index in [1.165, 1.54) is 29.2 Å². The van der Waals surface area contributed by atoms with Crippen LogP contribution >= 0.6 is 46.4 Å². The number of anilines is 8. The van der Waals surface area contributed by atoms with E-state index in [1.54, 1.807) is 122 Å². The summed E-state index contributed by atoms with van der Waals surface area (Å²) in [5.74, 6) is -1.77. The Balaban J connectivity index is 0.000000111. The number of carbonyl (C=O) groups excluding carboxylic acids is 8. The number of halogens is 8. The Kier molecular flexibility index (Phi) is 30.1. The first-order valence-corrected chi connectivity index (χ1v) is 47.8. The van der Waals surface area contributed by atoms with Crippen molar-refractivity contribution in [1.82, 2.24) is 34.9 Å². The largest absolute Gasteiger partial charge is 0.326 e. The average Bonchev–Trinajstić information content (AvgIpc) is 0.795. The molecule has 0 saturated carbocycles. The number of fused-ring (bicyclic) bond motifs is 9. The second kappa shape index (κ2) is 44.3. The first-order chi connectivity index (χ1) is 70.3. The number of pyridine rings is 7. The van der Waals surface area contributed by atoms with Gasteiger partial charge >= 0.3 is 0 Å². The molecule has 5 N–H and O–H groups in total. The molecule has 24 rings (SSSR count). The molecule has 8 amide bonds. The SMILES string of the molecule is CN1C(=O)CCc2cc(-c3cncc(F)c3)c(Cl)cc21.CN1C(=O)CCc2cc(-c3cncc4ccccc34)c(Cl)cc21.O=C1CCc2cc(-c3cccnc3)c(Cl)cc2N1.O=C1CCc2cc(-c3cccnc3)c(F)cc2N1.O=C1CCc2cc(-c3cncc(F)c3)c(Cl)cc2N1.O=C1CCc2cc(-c3cncc4ccccc34)c(F)cc2N1.O=C1CN(C(=O)c2ccccc2)c2cc(-c3cccnc3)ccc2N1. The second-order valence-corrected chi connectivity index (χ2v) is 36.5. The van der Waals surface area contributed by atoms with Gasteiger partial charge in [0.05, 0.1) is 43.9 Å². The number of aromatic nitrogens is 7. The van der Waals surface area contributed by atoms with E-state index >= 15 is 0 Å². The fourth-order valence-corrected chi connectivity index (χ4v) is 19.0. The zero-order valence-electron chi connectivity index (χ0n) is 77.8. The summed E-state index contributed by atoms with van der Waals surface area (Å²) in [7, 11) is 3.54. The van der Waals surface area contributed by atoms with Gasteiger partial charge in [0, 0.05) is 250 Å². The van der Waals surface area contributed by atoms with Gasteiger partial charge in [-0.25, -0.2) is 17.6 Å². The first-order valence-electron chi connectivity index (χ1n) is 46.3. The fraction of sp³-hybridized carbons (Fsp3) is 0.132. The second-order valence-electron chi connectivity index (χ2n) is 34.8. The highest BCUT2D eigenvalue weighted by Crippen LogP contribution is 2.45. The highest BCUT2D eigenvalue weighted by Gasteiger charge is 2.32. The van der Waals surface area contributed by atoms with Crippen LogP contribution in [0.25, 0.3) is 99.4 Å². The monoisotopic (exact) mass is 2010 g/mol. The molecular formula is C114H87Cl4F4N15O8. The summed E-state index contributed by atoms with van der Waals surface area (Å²) in [6, 6.07) is 66.1. The summed E-state index contributed by atoms with van der Waals surface area (Å²) < 4.78 is 55.0. The molecule has 0 aliphatic carbocycles. The van der Waals surface area contributed by atoms with E-state index in [0.29, 0.717) is 135 Å². The number of rotatable bonds is 8. The smallest absolute Gasteiger partial charge is 0.258 e. The van der Waals surface area contributed by atoms with Crippen LogP contribution in [0.3, 0.4) is 0 Å². The van der Waals surface area contributed by atoms with Crippen molar-refractivity contribution in [3.8, 4) is 77.9 Å². The van der Waals surface area contributed by atoms with Crippen LogP contribution in [0.5, 0.6) is 0 Å². The third-order valence-corrected chi connectivity index (χ3v) is 26.6. The highest BCUT2D eigenvalue weighted by atomic mass is 35.5. The highest BCUT2D eigenvalue weighted by molar-refractivity contribution is 6.36. The Labute approximate surface area is 850 Å². The Hall–Kier alpha value is -16.6. The number of carbonyl (C=O) groups is 8. The Bertz CT molecular complexity index is 7840. The number of nitrogens with zero attached hydrogens (tertiary/aromatic N) is 10. The molecular weight excluding hydrogens is 1930 g/mol. The normalized spacial score (nSPS) is 13.9. The third kappa shape index (κ3) is 22.8. The molecule has 7 aliphatic heterocycles. The van der Waals surface area contributed by atoms with Crippen molar-refractivity contribution < 1.29 is 55.9 Å². The van der Waals surface area contributed by atoms with Crippen LogP contribution in [0.4, 0.5) is 63.1 Å². The molecule has 0 radical (unpaired) electrons. The van der Waals surface area contributed by atoms with Crippen LogP contribution in [-0.2, 0) is 72.1 Å². The van der Waals surface area contributed by atoms with Gasteiger partial charge in [0.1, 0.15) is 29.8 Å². The van der Waals surface area contributed by atoms with Gasteiger partial charge in [0.15, 0.2) is 0 Å². The van der Waals surface area contributed by atoms with Crippen LogP contribution in [0.2, 0.25) is 20.1 Å². The quantitative estimate of drug-likeness (QED) is 0.0884. The molecule has 31 heteroatoms. The Morgan fingerprint density at radius 3 is 1.13 bits per heavy atom. The van der Waals surface area contributed by atoms with Crippen molar-refractivity contribution in [1.29, 1.82) is 0 Å². The van der Waals surface area contributed by atoms with Crippen molar-refractivity contribution >= 4 is 161 Å². The van der Waals surface area contributed by atoms with Gasteiger partial charge in [-0.3, -0.25) is 78.1 Å². The maximum atomic E-state index is 14.5. The lowest BCUT2D eigenvalue weighted by molar-refractivity contribution is -0.119. The first kappa shape index (κ1) is 98.6. The molecule has 7 aromatic heterocycles. The lowest BCUT2D eigenvalue weighted by Crippen LogP contribution is -2.42. The molecule has 0 atom stereocenters. The van der Waals surface area contributed by atoms with Crippen molar-refractivity contribution in [2.75, 3.05) is 61.9 Å². The molecule has 0 bridgehead atoms. The van der Waals surface area contributed by atoms with E-state index in [1.807, 2.05) is 158 Å². The standard InChI is InChI=1S/C20H15N3O2.C19H15ClN2O.C18H13FN2O.C15H12ClFN2O.C14H10ClFN2O.C14H11ClN2O.C14H11FN2O/c24-19-13-23(20(25)14-5-2-1-3-6-14)18-11-15(8-9-17(18)22-19)16-7-4-10-21-12-16;1-22-18-9-17(20)15(8-12(18)6-7-19(22)23)16-11-21-10-13-4-2-3-5-14(13)16;19-16-8-17-11(5-6-18(22)21-17)7-14(16)15-10-20-9-12-3-1-2-4-13(12)15;1-19-14-6-13(16)12(5-9(14)2-3-15(19)20)10-4-11(17)8-18-7-10;15-12-5-13-8(1-2-14(19)18-13)4-11(12)9-3-10(16)7-17-6-9;2*15-12-7-13-9(3-4-14(18)17-13)6-11(12)10-2-1-5-16-8-10/h1-12H,13H2,(H,22,24);2-5,8-11H,6-7H2,1H3;1-4,7-10H,5-6H2,(H,21,22);4-8H,2-3H2,1H3;3-7H,1-2H2,(H,18,19);2*1-2,5-8H,3-4H2,(H,17,18). The van der Waals surface area contributed by atoms with E-state index in [-0.39, 0.29) is 65.4 Å². The van der Waals surface area contributed by atoms with E-state index in [0.717, 1.165) is 159 Å². The van der Waals surface area contributed by atoms with Gasteiger partial charge in [-0.05, 0) is 216 Å². The molecule has 145 heavy (non-hydrogen) atoms. The van der Waals surface area contributed by atoms with Crippen molar-refractivity contribution in [3.05, 3.63) is 387 Å². The zero-order valence-corrected chi connectivity index (χ0v) is 80.8. The molecule has 0 saturated heterocycles. The summed E-state index contributed by atoms with van der Waals surface area (Å²) >= 11 is 25.3. The summed E-state index contributed by atoms with van der Waals surface area (Å²) in [6.07, 6.45) is 29.9. The Morgan fingerprint density at radius 1 is 0.283 bits per heavy atom. The van der Waals surface area contributed by atoms with Gasteiger partial charge in [-0.15, -0.1) is 0 Å². The van der Waals surface area contributed by atoms with E-state index in [2.05, 4.69) is 73.6 Å². The topological polar surface area (TPSA) is 297 Å². The minimum atomic E-state index is -0.403. The average molecular weight is 2010 g/mol. The fourth-order valence-electron chi connectivity index (χ4n) is 18.0. The Morgan fingerprint density at radius 2 is 0.655 bits per heavy atom. The van der Waals surface area contributed by atoms with Crippen LogP contribution in [0, 0.1) is 23.3 Å². The van der Waals surface area contributed by atoms with Gasteiger partial charge in [0.25, 0.3) is 5.91 Å². The number of hydrogen-bond acceptors (Lipinski definition) is 15. The van der Waals surface area contributed by atoms with Crippen LogP contribution < -0.4 is 41.3 Å². The summed E-state index contributed by atoms with van der Waals surface area (Å²) in [6.45, 7) is -0.00276. The lowest BCUT2D eigenvalue weighted by atomic mass is 9.94. The van der Waals surface area contributed by atoms with E-state index in [9.17, 15) is 55.9 Å². The summed E-state index contributed by atoms with van der Waals surface area (Å²) in [4.78, 5) is 127. The van der Waals surface area contributed by atoms with Crippen LogP contribution in [-0.4, -0.2) is 103 Å². The predicted octanol–water partition coefficient (Wildman–Crippen LogP) is 24.7. The van der Waals surface area contributed by atoms with Gasteiger partial charge in [-0.2, -0.15) is 0 Å². The number of aryl methyl sites for hydroxylation is 6. The summed E-state index contributed by atoms with van der Waals surface area (Å²) in [5.41, 5.74) is 23.7. The lowest BCUT2D eigenvalue weighted by Gasteiger charge is -2.29. The maximum absolute atomic E-state index is 14.5. The summed E-state index contributed by atoms with van der Waals surface area (Å²) in [5, 5.41) is 20.2. The van der Waals surface area contributed by atoms with Crippen molar-refractivity contribution in [3.63, 3.8) is 0 Å². The van der Waals surface area contributed by atoms with Crippen LogP contribution in [0.15, 0.2) is 305 Å². The van der Waals surface area contributed by atoms with Gasteiger partial charge in [-0.1, -0.05) is 137 Å². The third-order valence-electron chi connectivity index (χ3n) is 25.4. The number of nitrogens with one attached hydrogen (secondary N) is 5. The van der Waals surface area contributed by atoms with Crippen molar-refractivity contribution in [2.24, 2.45) is 0 Å².